The molecule has 0 fully saturated rings. The summed E-state index contributed by atoms with van der Waals surface area (Å²) in [5, 5.41) is 2.49. The zero-order chi connectivity index (χ0) is 20.8. The van der Waals surface area contributed by atoms with Crippen molar-refractivity contribution in [2.75, 3.05) is 0 Å². The first-order chi connectivity index (χ1) is 15.3. The van der Waals surface area contributed by atoms with Crippen LogP contribution in [0, 0.1) is 6.92 Å². The summed E-state index contributed by atoms with van der Waals surface area (Å²) in [4.78, 5) is 0. The second kappa shape index (κ2) is 7.14. The summed E-state index contributed by atoms with van der Waals surface area (Å²) in [6.07, 6.45) is 0. The molecule has 5 aromatic rings. The summed E-state index contributed by atoms with van der Waals surface area (Å²) in [6, 6.07) is 39.0. The second-order valence-electron chi connectivity index (χ2n) is 8.26. The molecule has 1 atom stereocenters. The fourth-order valence-corrected chi connectivity index (χ4v) is 4.72. The van der Waals surface area contributed by atoms with E-state index in [-0.39, 0.29) is 5.92 Å². The van der Waals surface area contributed by atoms with E-state index in [0.717, 1.165) is 11.5 Å². The van der Waals surface area contributed by atoms with E-state index in [0.29, 0.717) is 0 Å². The summed E-state index contributed by atoms with van der Waals surface area (Å²) in [5.41, 5.74) is 7.46. The zero-order valence-corrected chi connectivity index (χ0v) is 17.4. The lowest BCUT2D eigenvalue weighted by molar-refractivity contribution is 0.454. The molecule has 1 nitrogen and oxygen atoms in total. The van der Waals surface area contributed by atoms with Crippen LogP contribution >= 0.6 is 0 Å². The molecule has 148 valence electrons. The van der Waals surface area contributed by atoms with Crippen LogP contribution in [-0.2, 0) is 0 Å². The Hall–Kier alpha value is -3.84. The predicted octanol–water partition coefficient (Wildman–Crippen LogP) is 8.10. The van der Waals surface area contributed by atoms with Crippen LogP contribution in [0.1, 0.15) is 28.2 Å². The van der Waals surface area contributed by atoms with Gasteiger partial charge in [-0.1, -0.05) is 96.6 Å². The van der Waals surface area contributed by atoms with E-state index in [1.165, 1.54) is 44.2 Å². The molecule has 1 aliphatic rings. The molecule has 31 heavy (non-hydrogen) atoms. The molecule has 0 saturated heterocycles. The predicted molar refractivity (Wildman–Crippen MR) is 128 cm³/mol. The first-order valence-corrected chi connectivity index (χ1v) is 10.7. The fraction of sp³-hybridized carbons (Fsp3) is 0.0667. The fourth-order valence-electron chi connectivity index (χ4n) is 4.72. The van der Waals surface area contributed by atoms with Gasteiger partial charge in [-0.15, -0.1) is 0 Å². The van der Waals surface area contributed by atoms with Gasteiger partial charge >= 0.3 is 0 Å². The third kappa shape index (κ3) is 3.02. The number of hydrogen-bond donors (Lipinski definition) is 0. The minimum Gasteiger partial charge on any atom is -0.457 e. The van der Waals surface area contributed by atoms with E-state index >= 15 is 0 Å². The molecule has 1 unspecified atom stereocenters. The van der Waals surface area contributed by atoms with Gasteiger partial charge in [-0.3, -0.25) is 0 Å². The Bertz CT molecular complexity index is 1400. The minimum absolute atomic E-state index is 0.120. The van der Waals surface area contributed by atoms with E-state index in [9.17, 15) is 0 Å². The lowest BCUT2D eigenvalue weighted by atomic mass is 9.79. The Labute approximate surface area is 182 Å². The standard InChI is InChI=1S/C30H22O/c1-20-11-13-23(14-12-20)29-26-19-24(21-7-3-2-4-8-21)16-17-27(26)31-28-18-15-22-9-5-6-10-25(22)30(28)29/h2-19,29H,1H3. The van der Waals surface area contributed by atoms with Crippen LogP contribution < -0.4 is 4.74 Å². The molecule has 0 aliphatic carbocycles. The van der Waals surface area contributed by atoms with E-state index in [2.05, 4.69) is 116 Å². The van der Waals surface area contributed by atoms with Gasteiger partial charge < -0.3 is 4.74 Å². The van der Waals surface area contributed by atoms with Crippen LogP contribution in [0.5, 0.6) is 11.5 Å². The molecule has 0 bridgehead atoms. The summed E-state index contributed by atoms with van der Waals surface area (Å²) in [5.74, 6) is 2.01. The van der Waals surface area contributed by atoms with Gasteiger partial charge in [0, 0.05) is 17.0 Å². The molecule has 6 rings (SSSR count). The van der Waals surface area contributed by atoms with Crippen LogP contribution in [0.25, 0.3) is 21.9 Å². The maximum atomic E-state index is 6.45. The average Bonchev–Trinajstić information content (AvgIpc) is 2.83. The van der Waals surface area contributed by atoms with Gasteiger partial charge in [0.1, 0.15) is 11.5 Å². The number of benzene rings is 5. The third-order valence-corrected chi connectivity index (χ3v) is 6.28. The molecular formula is C30H22O. The first kappa shape index (κ1) is 18.0. The van der Waals surface area contributed by atoms with Crippen molar-refractivity contribution in [1.82, 2.24) is 0 Å². The summed E-state index contributed by atoms with van der Waals surface area (Å²) in [7, 11) is 0. The quantitative estimate of drug-likeness (QED) is 0.286. The second-order valence-corrected chi connectivity index (χ2v) is 8.26. The van der Waals surface area contributed by atoms with E-state index in [1.807, 2.05) is 0 Å². The zero-order valence-electron chi connectivity index (χ0n) is 17.4. The molecule has 1 heteroatoms. The van der Waals surface area contributed by atoms with Crippen molar-refractivity contribution in [2.24, 2.45) is 0 Å². The summed E-state index contributed by atoms with van der Waals surface area (Å²) < 4.78 is 6.45. The molecule has 0 spiro atoms. The SMILES string of the molecule is Cc1ccc(C2c3cc(-c4ccccc4)ccc3Oc3ccc4ccccc4c32)cc1. The van der Waals surface area contributed by atoms with Gasteiger partial charge in [0.2, 0.25) is 0 Å². The van der Waals surface area contributed by atoms with E-state index in [4.69, 9.17) is 4.74 Å². The molecule has 1 heterocycles. The van der Waals surface area contributed by atoms with Crippen molar-refractivity contribution in [2.45, 2.75) is 12.8 Å². The maximum absolute atomic E-state index is 6.45. The highest BCUT2D eigenvalue weighted by Gasteiger charge is 2.30. The average molecular weight is 399 g/mol. The van der Waals surface area contributed by atoms with Crippen molar-refractivity contribution >= 4 is 10.8 Å². The smallest absolute Gasteiger partial charge is 0.132 e. The number of rotatable bonds is 2. The topological polar surface area (TPSA) is 9.23 Å². The lowest BCUT2D eigenvalue weighted by Gasteiger charge is -2.30. The highest BCUT2D eigenvalue weighted by molar-refractivity contribution is 5.90. The van der Waals surface area contributed by atoms with Crippen LogP contribution in [0.2, 0.25) is 0 Å². The van der Waals surface area contributed by atoms with Crippen molar-refractivity contribution in [3.8, 4) is 22.6 Å². The Morgan fingerprint density at radius 3 is 2.19 bits per heavy atom. The highest BCUT2D eigenvalue weighted by Crippen LogP contribution is 2.50. The van der Waals surface area contributed by atoms with Gasteiger partial charge in [0.15, 0.2) is 0 Å². The Morgan fingerprint density at radius 2 is 1.35 bits per heavy atom. The van der Waals surface area contributed by atoms with Gasteiger partial charge in [0.25, 0.3) is 0 Å². The minimum atomic E-state index is 0.120. The Balaban J connectivity index is 1.63. The molecular weight excluding hydrogens is 376 g/mol. The summed E-state index contributed by atoms with van der Waals surface area (Å²) in [6.45, 7) is 2.14. The number of aryl methyl sites for hydroxylation is 1. The molecule has 1 aliphatic heterocycles. The van der Waals surface area contributed by atoms with Crippen molar-refractivity contribution in [1.29, 1.82) is 0 Å². The number of ether oxygens (including phenoxy) is 1. The molecule has 0 amide bonds. The van der Waals surface area contributed by atoms with Gasteiger partial charge in [-0.05, 0) is 52.6 Å². The largest absolute Gasteiger partial charge is 0.457 e. The number of hydrogen-bond acceptors (Lipinski definition) is 1. The maximum Gasteiger partial charge on any atom is 0.132 e. The molecule has 0 saturated carbocycles. The van der Waals surface area contributed by atoms with Gasteiger partial charge in [-0.25, -0.2) is 0 Å². The monoisotopic (exact) mass is 398 g/mol. The van der Waals surface area contributed by atoms with Crippen LogP contribution in [0.4, 0.5) is 0 Å². The van der Waals surface area contributed by atoms with Crippen molar-refractivity contribution in [3.05, 3.63) is 131 Å². The molecule has 5 aromatic carbocycles. The van der Waals surface area contributed by atoms with Crippen LogP contribution in [0.15, 0.2) is 109 Å². The number of fused-ring (bicyclic) bond motifs is 4. The van der Waals surface area contributed by atoms with Crippen LogP contribution in [0.3, 0.4) is 0 Å². The lowest BCUT2D eigenvalue weighted by Crippen LogP contribution is -2.12. The van der Waals surface area contributed by atoms with E-state index in [1.54, 1.807) is 0 Å². The Kier molecular flexibility index (Phi) is 4.14. The van der Waals surface area contributed by atoms with Crippen molar-refractivity contribution in [3.63, 3.8) is 0 Å². The molecule has 0 aromatic heterocycles. The first-order valence-electron chi connectivity index (χ1n) is 10.7. The molecule has 0 N–H and O–H groups in total. The third-order valence-electron chi connectivity index (χ3n) is 6.28. The van der Waals surface area contributed by atoms with Crippen LogP contribution in [-0.4, -0.2) is 0 Å². The van der Waals surface area contributed by atoms with Gasteiger partial charge in [0.05, 0.1) is 0 Å². The Morgan fingerprint density at radius 1 is 0.613 bits per heavy atom. The highest BCUT2D eigenvalue weighted by atomic mass is 16.5. The van der Waals surface area contributed by atoms with Gasteiger partial charge in [-0.2, -0.15) is 0 Å². The van der Waals surface area contributed by atoms with Crippen molar-refractivity contribution < 1.29 is 4.74 Å². The summed E-state index contributed by atoms with van der Waals surface area (Å²) >= 11 is 0. The normalized spacial score (nSPS) is 14.5. The molecule has 0 radical (unpaired) electrons. The van der Waals surface area contributed by atoms with E-state index < -0.39 is 0 Å².